The van der Waals surface area contributed by atoms with E-state index in [1.54, 1.807) is 13.3 Å². The minimum Gasteiger partial charge on any atom is -0.497 e. The van der Waals surface area contributed by atoms with Gasteiger partial charge in [-0.15, -0.1) is 0 Å². The number of aliphatic hydroxyl groups is 1. The minimum atomic E-state index is -0.0594. The van der Waals surface area contributed by atoms with Crippen LogP contribution in [0.2, 0.25) is 0 Å². The Morgan fingerprint density at radius 3 is 2.84 bits per heavy atom. The summed E-state index contributed by atoms with van der Waals surface area (Å²) in [4.78, 5) is 6.28. The Morgan fingerprint density at radius 2 is 2.16 bits per heavy atom. The van der Waals surface area contributed by atoms with Gasteiger partial charge in [0.1, 0.15) is 11.6 Å². The Hall–Kier alpha value is -1.59. The Balaban J connectivity index is 2.40. The summed E-state index contributed by atoms with van der Waals surface area (Å²) in [6, 6.07) is 9.55. The molecule has 0 amide bonds. The summed E-state index contributed by atoms with van der Waals surface area (Å²) in [5.74, 6) is 1.51. The van der Waals surface area contributed by atoms with Crippen molar-refractivity contribution in [3.8, 4) is 5.75 Å². The highest BCUT2D eigenvalue weighted by Crippen LogP contribution is 2.29. The molecule has 0 unspecified atom stereocenters. The largest absolute Gasteiger partial charge is 0.497 e. The van der Waals surface area contributed by atoms with Crippen molar-refractivity contribution in [2.75, 3.05) is 19.1 Å². The van der Waals surface area contributed by atoms with Crippen molar-refractivity contribution >= 4 is 27.4 Å². The van der Waals surface area contributed by atoms with Crippen molar-refractivity contribution in [3.63, 3.8) is 0 Å². The maximum Gasteiger partial charge on any atom is 0.138 e. The number of hydrogen-bond donors (Lipinski definition) is 1. The van der Waals surface area contributed by atoms with Gasteiger partial charge >= 0.3 is 0 Å². The van der Waals surface area contributed by atoms with Crippen LogP contribution in [0.4, 0.5) is 11.5 Å². The number of halogens is 1. The Morgan fingerprint density at radius 1 is 1.37 bits per heavy atom. The van der Waals surface area contributed by atoms with Gasteiger partial charge in [0.25, 0.3) is 0 Å². The first-order chi connectivity index (χ1) is 9.15. The van der Waals surface area contributed by atoms with Gasteiger partial charge in [0.15, 0.2) is 0 Å². The molecule has 1 heterocycles. The molecule has 0 bridgehead atoms. The predicted molar refractivity (Wildman–Crippen MR) is 78.9 cm³/mol. The van der Waals surface area contributed by atoms with E-state index in [0.717, 1.165) is 27.3 Å². The van der Waals surface area contributed by atoms with Crippen molar-refractivity contribution in [2.24, 2.45) is 0 Å². The maximum absolute atomic E-state index is 9.43. The summed E-state index contributed by atoms with van der Waals surface area (Å²) in [5.41, 5.74) is 1.71. The van der Waals surface area contributed by atoms with E-state index in [9.17, 15) is 5.11 Å². The van der Waals surface area contributed by atoms with Crippen LogP contribution in [-0.2, 0) is 6.61 Å². The Labute approximate surface area is 120 Å². The van der Waals surface area contributed by atoms with Crippen molar-refractivity contribution in [2.45, 2.75) is 6.61 Å². The second-order valence-corrected chi connectivity index (χ2v) is 4.97. The molecule has 1 aromatic heterocycles. The van der Waals surface area contributed by atoms with Gasteiger partial charge in [0.2, 0.25) is 0 Å². The number of nitrogens with zero attached hydrogens (tertiary/aromatic N) is 2. The van der Waals surface area contributed by atoms with Gasteiger partial charge in [-0.3, -0.25) is 0 Å². The third kappa shape index (κ3) is 3.05. The van der Waals surface area contributed by atoms with Crippen molar-refractivity contribution < 1.29 is 9.84 Å². The summed E-state index contributed by atoms with van der Waals surface area (Å²) in [7, 11) is 3.54. The quantitative estimate of drug-likeness (QED) is 0.939. The van der Waals surface area contributed by atoms with Gasteiger partial charge in [-0.05, 0) is 34.1 Å². The van der Waals surface area contributed by atoms with Gasteiger partial charge in [-0.1, -0.05) is 6.07 Å². The van der Waals surface area contributed by atoms with Crippen molar-refractivity contribution in [1.29, 1.82) is 0 Å². The zero-order valence-corrected chi connectivity index (χ0v) is 12.4. The molecule has 0 fully saturated rings. The number of hydrogen-bond acceptors (Lipinski definition) is 4. The van der Waals surface area contributed by atoms with Crippen LogP contribution in [0.5, 0.6) is 5.75 Å². The van der Waals surface area contributed by atoms with Crippen LogP contribution in [0.1, 0.15) is 5.56 Å². The molecule has 2 aromatic rings. The summed E-state index contributed by atoms with van der Waals surface area (Å²) in [5, 5.41) is 9.43. The topological polar surface area (TPSA) is 45.6 Å². The number of pyridine rings is 1. The van der Waals surface area contributed by atoms with Gasteiger partial charge < -0.3 is 14.7 Å². The van der Waals surface area contributed by atoms with Crippen LogP contribution in [0.15, 0.2) is 41.0 Å². The first-order valence-electron chi connectivity index (χ1n) is 5.78. The Bertz CT molecular complexity index is 575. The number of rotatable bonds is 4. The number of benzene rings is 1. The molecule has 1 N–H and O–H groups in total. The van der Waals surface area contributed by atoms with E-state index in [2.05, 4.69) is 20.9 Å². The number of anilines is 2. The smallest absolute Gasteiger partial charge is 0.138 e. The molecule has 0 radical (unpaired) electrons. The number of aromatic nitrogens is 1. The second-order valence-electron chi connectivity index (χ2n) is 4.05. The fourth-order valence-corrected chi connectivity index (χ4v) is 2.21. The molecular weight excluding hydrogens is 308 g/mol. The maximum atomic E-state index is 9.43. The predicted octanol–water partition coefficient (Wildman–Crippen LogP) is 3.11. The lowest BCUT2D eigenvalue weighted by molar-refractivity contribution is 0.282. The fourth-order valence-electron chi connectivity index (χ4n) is 1.83. The molecule has 4 nitrogen and oxygen atoms in total. The highest BCUT2D eigenvalue weighted by atomic mass is 79.9. The molecular formula is C14H15BrN2O2. The molecule has 0 saturated heterocycles. The molecule has 0 saturated carbocycles. The highest BCUT2D eigenvalue weighted by molar-refractivity contribution is 9.10. The van der Waals surface area contributed by atoms with E-state index in [4.69, 9.17) is 4.74 Å². The molecule has 0 aliphatic rings. The minimum absolute atomic E-state index is 0.0594. The third-order valence-electron chi connectivity index (χ3n) is 2.84. The molecule has 2 rings (SSSR count). The van der Waals surface area contributed by atoms with E-state index >= 15 is 0 Å². The normalized spacial score (nSPS) is 10.3. The summed E-state index contributed by atoms with van der Waals surface area (Å²) < 4.78 is 6.06. The summed E-state index contributed by atoms with van der Waals surface area (Å²) in [6.45, 7) is -0.0594. The van der Waals surface area contributed by atoms with E-state index in [1.807, 2.05) is 42.3 Å². The van der Waals surface area contributed by atoms with Crippen LogP contribution in [0.3, 0.4) is 0 Å². The first-order valence-corrected chi connectivity index (χ1v) is 6.58. The summed E-state index contributed by atoms with van der Waals surface area (Å²) in [6.07, 6.45) is 1.71. The first kappa shape index (κ1) is 13.8. The zero-order valence-electron chi connectivity index (χ0n) is 10.8. The van der Waals surface area contributed by atoms with Crippen LogP contribution in [0, 0.1) is 0 Å². The van der Waals surface area contributed by atoms with Crippen LogP contribution in [-0.4, -0.2) is 24.2 Å². The average molecular weight is 323 g/mol. The number of methoxy groups -OCH3 is 1. The number of ether oxygens (including phenoxy) is 1. The molecule has 1 aromatic carbocycles. The summed E-state index contributed by atoms with van der Waals surface area (Å²) >= 11 is 3.35. The van der Waals surface area contributed by atoms with Gasteiger partial charge in [-0.2, -0.15) is 0 Å². The third-order valence-corrected chi connectivity index (χ3v) is 3.27. The van der Waals surface area contributed by atoms with E-state index in [-0.39, 0.29) is 6.61 Å². The van der Waals surface area contributed by atoms with Crippen molar-refractivity contribution in [3.05, 3.63) is 46.6 Å². The van der Waals surface area contributed by atoms with Crippen LogP contribution >= 0.6 is 15.9 Å². The average Bonchev–Trinajstić information content (AvgIpc) is 2.46. The molecule has 0 spiro atoms. The Kier molecular flexibility index (Phi) is 4.39. The standard InChI is InChI=1S/C14H15BrN2O2/c1-17(12-4-3-5-13(7-12)19-2)14-10(9-18)6-11(15)8-16-14/h3-8,18H,9H2,1-2H3. The van der Waals surface area contributed by atoms with E-state index < -0.39 is 0 Å². The van der Waals surface area contributed by atoms with E-state index in [1.165, 1.54) is 0 Å². The monoisotopic (exact) mass is 322 g/mol. The van der Waals surface area contributed by atoms with Crippen molar-refractivity contribution in [1.82, 2.24) is 4.98 Å². The molecule has 0 aliphatic heterocycles. The molecule has 5 heteroatoms. The zero-order chi connectivity index (χ0) is 13.8. The van der Waals surface area contributed by atoms with E-state index in [0.29, 0.717) is 0 Å². The SMILES string of the molecule is COc1cccc(N(C)c2ncc(Br)cc2CO)c1. The van der Waals surface area contributed by atoms with Crippen LogP contribution in [0.25, 0.3) is 0 Å². The van der Waals surface area contributed by atoms with Gasteiger partial charge in [-0.25, -0.2) is 4.98 Å². The van der Waals surface area contributed by atoms with Gasteiger partial charge in [0.05, 0.1) is 13.7 Å². The van der Waals surface area contributed by atoms with Crippen LogP contribution < -0.4 is 9.64 Å². The second kappa shape index (κ2) is 6.04. The lowest BCUT2D eigenvalue weighted by Crippen LogP contribution is -2.13. The lowest BCUT2D eigenvalue weighted by atomic mass is 10.2. The highest BCUT2D eigenvalue weighted by Gasteiger charge is 2.11. The number of aliphatic hydroxyl groups excluding tert-OH is 1. The molecule has 19 heavy (non-hydrogen) atoms. The van der Waals surface area contributed by atoms with Gasteiger partial charge in [0, 0.05) is 35.0 Å². The fraction of sp³-hybridized carbons (Fsp3) is 0.214. The molecule has 0 atom stereocenters. The molecule has 0 aliphatic carbocycles. The molecule has 100 valence electrons. The lowest BCUT2D eigenvalue weighted by Gasteiger charge is -2.21.